The molecular formula is C18H29N3O6. The van der Waals surface area contributed by atoms with Crippen LogP contribution in [0.1, 0.15) is 44.8 Å². The molecule has 0 amide bonds. The molecule has 0 heterocycles. The molecule has 0 spiro atoms. The van der Waals surface area contributed by atoms with E-state index in [4.69, 9.17) is 14.3 Å². The molecule has 9 nitrogen and oxygen atoms in total. The van der Waals surface area contributed by atoms with Crippen LogP contribution in [0.4, 0.5) is 5.69 Å². The van der Waals surface area contributed by atoms with Crippen LogP contribution in [0.25, 0.3) is 0 Å². The average molecular weight is 383 g/mol. The number of methoxy groups -OCH3 is 2. The second-order valence-corrected chi connectivity index (χ2v) is 6.13. The maximum atomic E-state index is 11.4. The van der Waals surface area contributed by atoms with Crippen molar-refractivity contribution >= 4 is 11.5 Å². The lowest BCUT2D eigenvalue weighted by Gasteiger charge is -2.17. The minimum atomic E-state index is -0.563. The highest BCUT2D eigenvalue weighted by Crippen LogP contribution is 2.37. The third-order valence-corrected chi connectivity index (χ3v) is 4.29. The maximum absolute atomic E-state index is 11.4. The lowest BCUT2D eigenvalue weighted by atomic mass is 10.1. The summed E-state index contributed by atoms with van der Waals surface area (Å²) in [5, 5.41) is 14.3. The number of nitrogens with zero attached hydrogens (tertiary/aromatic N) is 1. The standard InChI is InChI=1S/C18H29N3O6/c1-12(22)15(19-3)8-6-7-9-20-27-13(2)14-10-17(25-4)18(26-5)11-16(14)21(23)24/h10-11,13,15,19-20H,6-9H2,1-5H3. The largest absolute Gasteiger partial charge is 0.493 e. The van der Waals surface area contributed by atoms with Gasteiger partial charge in [-0.05, 0) is 39.8 Å². The number of nitro benzene ring substituents is 1. The molecule has 1 aromatic rings. The van der Waals surface area contributed by atoms with E-state index in [1.54, 1.807) is 27.0 Å². The number of unbranched alkanes of at least 4 members (excludes halogenated alkanes) is 1. The first kappa shape index (κ1) is 22.8. The minimum Gasteiger partial charge on any atom is -0.493 e. The second-order valence-electron chi connectivity index (χ2n) is 6.13. The van der Waals surface area contributed by atoms with Crippen LogP contribution in [-0.4, -0.2) is 44.6 Å². The molecule has 27 heavy (non-hydrogen) atoms. The van der Waals surface area contributed by atoms with Gasteiger partial charge in [0.15, 0.2) is 11.5 Å². The summed E-state index contributed by atoms with van der Waals surface area (Å²) in [6.45, 7) is 3.86. The fourth-order valence-electron chi connectivity index (χ4n) is 2.71. The van der Waals surface area contributed by atoms with Crippen molar-refractivity contribution in [2.24, 2.45) is 0 Å². The predicted octanol–water partition coefficient (Wildman–Crippen LogP) is 2.54. The lowest BCUT2D eigenvalue weighted by Crippen LogP contribution is -2.32. The summed E-state index contributed by atoms with van der Waals surface area (Å²) < 4.78 is 10.3. The Labute approximate surface area is 159 Å². The number of Topliss-reactive ketones (excluding diaryl/α,β-unsaturated/α-hetero) is 1. The van der Waals surface area contributed by atoms with Crippen LogP contribution in [0.5, 0.6) is 11.5 Å². The van der Waals surface area contributed by atoms with E-state index in [-0.39, 0.29) is 23.3 Å². The van der Waals surface area contributed by atoms with Crippen LogP contribution in [-0.2, 0) is 9.63 Å². The van der Waals surface area contributed by atoms with Crippen molar-refractivity contribution in [2.45, 2.75) is 45.3 Å². The highest BCUT2D eigenvalue weighted by atomic mass is 16.7. The summed E-state index contributed by atoms with van der Waals surface area (Å²) in [6.07, 6.45) is 1.86. The number of hydrogen-bond donors (Lipinski definition) is 2. The summed E-state index contributed by atoms with van der Waals surface area (Å²) in [7, 11) is 4.66. The van der Waals surface area contributed by atoms with E-state index in [9.17, 15) is 14.9 Å². The van der Waals surface area contributed by atoms with Crippen molar-refractivity contribution in [3.05, 3.63) is 27.8 Å². The van der Waals surface area contributed by atoms with Gasteiger partial charge in [-0.1, -0.05) is 6.42 Å². The van der Waals surface area contributed by atoms with E-state index in [1.807, 2.05) is 0 Å². The molecule has 1 rings (SSSR count). The van der Waals surface area contributed by atoms with Crippen LogP contribution in [0.3, 0.4) is 0 Å². The van der Waals surface area contributed by atoms with Gasteiger partial charge >= 0.3 is 0 Å². The van der Waals surface area contributed by atoms with Crippen LogP contribution in [0.15, 0.2) is 12.1 Å². The molecule has 0 fully saturated rings. The van der Waals surface area contributed by atoms with Gasteiger partial charge in [-0.25, -0.2) is 5.48 Å². The van der Waals surface area contributed by atoms with E-state index < -0.39 is 11.0 Å². The highest BCUT2D eigenvalue weighted by molar-refractivity contribution is 5.81. The first-order chi connectivity index (χ1) is 12.8. The highest BCUT2D eigenvalue weighted by Gasteiger charge is 2.24. The normalized spacial score (nSPS) is 13.1. The van der Waals surface area contributed by atoms with Gasteiger partial charge in [0.1, 0.15) is 11.9 Å². The van der Waals surface area contributed by atoms with Crippen molar-refractivity contribution in [1.29, 1.82) is 0 Å². The van der Waals surface area contributed by atoms with Gasteiger partial charge in [-0.2, -0.15) is 0 Å². The number of rotatable bonds is 13. The number of carbonyl (C=O) groups is 1. The molecule has 0 radical (unpaired) electrons. The van der Waals surface area contributed by atoms with Crippen molar-refractivity contribution in [2.75, 3.05) is 27.8 Å². The molecule has 0 aliphatic rings. The average Bonchev–Trinajstić information content (AvgIpc) is 2.65. The Balaban J connectivity index is 2.60. The quantitative estimate of drug-likeness (QED) is 0.304. The number of likely N-dealkylation sites (N-methyl/N-ethyl adjacent to an activating group) is 1. The molecule has 1 aromatic carbocycles. The molecule has 0 saturated carbocycles. The topological polar surface area (TPSA) is 112 Å². The molecule has 2 atom stereocenters. The molecule has 0 saturated heterocycles. The molecule has 2 unspecified atom stereocenters. The van der Waals surface area contributed by atoms with Gasteiger partial charge in [0.05, 0.1) is 36.8 Å². The van der Waals surface area contributed by atoms with Crippen LogP contribution >= 0.6 is 0 Å². The number of hydroxylamine groups is 1. The maximum Gasteiger partial charge on any atom is 0.279 e. The van der Waals surface area contributed by atoms with Crippen molar-refractivity contribution in [3.63, 3.8) is 0 Å². The number of nitrogens with one attached hydrogen (secondary N) is 2. The third-order valence-electron chi connectivity index (χ3n) is 4.29. The summed E-state index contributed by atoms with van der Waals surface area (Å²) in [6, 6.07) is 2.75. The fourth-order valence-corrected chi connectivity index (χ4v) is 2.71. The second kappa shape index (κ2) is 11.5. The number of benzene rings is 1. The Hall–Kier alpha value is -2.23. The van der Waals surface area contributed by atoms with E-state index in [0.717, 1.165) is 19.3 Å². The number of nitro groups is 1. The van der Waals surface area contributed by atoms with Crippen molar-refractivity contribution < 1.29 is 24.0 Å². The summed E-state index contributed by atoms with van der Waals surface area (Å²) >= 11 is 0. The summed E-state index contributed by atoms with van der Waals surface area (Å²) in [4.78, 5) is 27.8. The molecule has 0 aliphatic carbocycles. The van der Waals surface area contributed by atoms with Crippen molar-refractivity contribution in [3.8, 4) is 11.5 Å². The molecule has 0 aliphatic heterocycles. The number of ketones is 1. The van der Waals surface area contributed by atoms with Gasteiger partial charge in [-0.15, -0.1) is 0 Å². The van der Waals surface area contributed by atoms with E-state index >= 15 is 0 Å². The zero-order valence-electron chi connectivity index (χ0n) is 16.5. The van der Waals surface area contributed by atoms with Gasteiger partial charge in [0.25, 0.3) is 5.69 Å². The fraction of sp³-hybridized carbons (Fsp3) is 0.611. The molecule has 2 N–H and O–H groups in total. The van der Waals surface area contributed by atoms with Gasteiger partial charge in [0.2, 0.25) is 0 Å². The molecule has 0 bridgehead atoms. The summed E-state index contributed by atoms with van der Waals surface area (Å²) in [5.74, 6) is 0.810. The van der Waals surface area contributed by atoms with E-state index in [2.05, 4.69) is 10.8 Å². The van der Waals surface area contributed by atoms with Crippen LogP contribution in [0, 0.1) is 10.1 Å². The van der Waals surface area contributed by atoms with E-state index in [0.29, 0.717) is 17.9 Å². The zero-order valence-corrected chi connectivity index (χ0v) is 16.5. The molecule has 9 heteroatoms. The minimum absolute atomic E-state index is 0.0970. The van der Waals surface area contributed by atoms with Crippen LogP contribution < -0.4 is 20.3 Å². The number of ether oxygens (including phenoxy) is 2. The number of carbonyl (C=O) groups excluding carboxylic acids is 1. The zero-order chi connectivity index (χ0) is 20.4. The smallest absolute Gasteiger partial charge is 0.279 e. The molecular weight excluding hydrogens is 354 g/mol. The Morgan fingerprint density at radius 3 is 2.37 bits per heavy atom. The Morgan fingerprint density at radius 1 is 1.22 bits per heavy atom. The predicted molar refractivity (Wildman–Crippen MR) is 101 cm³/mol. The third kappa shape index (κ3) is 6.78. The van der Waals surface area contributed by atoms with Crippen molar-refractivity contribution in [1.82, 2.24) is 10.8 Å². The Bertz CT molecular complexity index is 638. The summed E-state index contributed by atoms with van der Waals surface area (Å²) in [5.41, 5.74) is 3.13. The van der Waals surface area contributed by atoms with E-state index in [1.165, 1.54) is 20.3 Å². The molecule has 0 aromatic heterocycles. The Kier molecular flexibility index (Phi) is 9.70. The SMILES string of the molecule is CNC(CCCCNOC(C)c1cc(OC)c(OC)cc1[N+](=O)[O-])C(C)=O. The first-order valence-corrected chi connectivity index (χ1v) is 8.82. The van der Waals surface area contributed by atoms with Gasteiger partial charge in [0, 0.05) is 6.54 Å². The Morgan fingerprint density at radius 2 is 1.85 bits per heavy atom. The van der Waals surface area contributed by atoms with Crippen LogP contribution in [0.2, 0.25) is 0 Å². The first-order valence-electron chi connectivity index (χ1n) is 8.82. The van der Waals surface area contributed by atoms with Gasteiger partial charge in [-0.3, -0.25) is 19.7 Å². The lowest BCUT2D eigenvalue weighted by molar-refractivity contribution is -0.386. The number of hydrogen-bond acceptors (Lipinski definition) is 8. The monoisotopic (exact) mass is 383 g/mol. The molecule has 152 valence electrons. The van der Waals surface area contributed by atoms with Gasteiger partial charge < -0.3 is 14.8 Å².